The Morgan fingerprint density at radius 2 is 1.71 bits per heavy atom. The highest BCUT2D eigenvalue weighted by Gasteiger charge is 2.35. The molecule has 0 unspecified atom stereocenters. The minimum Gasteiger partial charge on any atom is -0.370 e. The summed E-state index contributed by atoms with van der Waals surface area (Å²) in [5.41, 5.74) is 1.84. The third-order valence-corrected chi connectivity index (χ3v) is 6.71. The van der Waals surface area contributed by atoms with Crippen molar-refractivity contribution in [2.75, 3.05) is 41.3 Å². The molecule has 4 rings (SSSR count). The molecule has 11 heteroatoms. The van der Waals surface area contributed by atoms with Crippen LogP contribution in [0.3, 0.4) is 0 Å². The zero-order chi connectivity index (χ0) is 24.5. The monoisotopic (exact) mass is 589 g/mol. The van der Waals surface area contributed by atoms with Gasteiger partial charge in [-0.2, -0.15) is 13.8 Å². The average molecular weight is 589 g/mol. The highest BCUT2D eigenvalue weighted by atomic mass is 127. The Morgan fingerprint density at radius 3 is 2.35 bits per heavy atom. The molecule has 1 N–H and O–H groups in total. The Labute approximate surface area is 208 Å². The molecule has 0 aliphatic carbocycles. The van der Waals surface area contributed by atoms with E-state index in [1.807, 2.05) is 11.0 Å². The van der Waals surface area contributed by atoms with E-state index in [1.54, 1.807) is 30.0 Å². The van der Waals surface area contributed by atoms with E-state index in [0.717, 1.165) is 3.57 Å². The van der Waals surface area contributed by atoms with Gasteiger partial charge in [-0.15, -0.1) is 0 Å². The quantitative estimate of drug-likeness (QED) is 0.371. The number of aromatic nitrogens is 2. The molecule has 2 fully saturated rings. The van der Waals surface area contributed by atoms with Gasteiger partial charge in [-0.25, -0.2) is 13.8 Å². The number of nitrogens with zero attached hydrogens (tertiary/aromatic N) is 4. The summed E-state index contributed by atoms with van der Waals surface area (Å²) < 4.78 is 53.9. The molecule has 1 aromatic carbocycles. The van der Waals surface area contributed by atoms with Gasteiger partial charge in [-0.3, -0.25) is 4.79 Å². The predicted octanol–water partition coefficient (Wildman–Crippen LogP) is 5.63. The number of anilines is 3. The maximum Gasteiger partial charge on any atom is 0.269 e. The first-order valence-electron chi connectivity index (χ1n) is 11.0. The molecule has 0 bridgehead atoms. The summed E-state index contributed by atoms with van der Waals surface area (Å²) in [7, 11) is 0. The van der Waals surface area contributed by atoms with Crippen molar-refractivity contribution in [1.29, 1.82) is 0 Å². The molecule has 182 valence electrons. The van der Waals surface area contributed by atoms with E-state index in [1.165, 1.54) is 0 Å². The first kappa shape index (κ1) is 24.7. The third kappa shape index (κ3) is 5.78. The van der Waals surface area contributed by atoms with Gasteiger partial charge >= 0.3 is 0 Å². The molecule has 0 spiro atoms. The second-order valence-corrected chi connectivity index (χ2v) is 9.75. The number of carbonyl (C=O) groups excluding carboxylic acids is 1. The van der Waals surface area contributed by atoms with Crippen LogP contribution in [-0.2, 0) is 0 Å². The molecular weight excluding hydrogens is 565 g/mol. The number of carbonyl (C=O) groups is 1. The summed E-state index contributed by atoms with van der Waals surface area (Å²) in [6, 6.07) is 6.99. The fraction of sp³-hybridized carbons (Fsp3) is 0.435. The number of rotatable bonds is 4. The number of hydrogen-bond acceptors (Lipinski definition) is 5. The second kappa shape index (κ2) is 10.0. The molecule has 2 aliphatic rings. The number of alkyl halides is 2. The maximum atomic E-state index is 13.5. The summed E-state index contributed by atoms with van der Waals surface area (Å²) in [4.78, 5) is 25.6. The van der Waals surface area contributed by atoms with Crippen LogP contribution in [0.15, 0.2) is 35.9 Å². The Morgan fingerprint density at radius 1 is 1.03 bits per heavy atom. The maximum absolute atomic E-state index is 13.5. The minimum absolute atomic E-state index is 0.135. The fourth-order valence-electron chi connectivity index (χ4n) is 4.14. The van der Waals surface area contributed by atoms with Crippen molar-refractivity contribution in [3.63, 3.8) is 0 Å². The zero-order valence-electron chi connectivity index (χ0n) is 18.6. The van der Waals surface area contributed by atoms with Gasteiger partial charge in [0.1, 0.15) is 5.82 Å². The minimum atomic E-state index is -2.68. The van der Waals surface area contributed by atoms with Crippen LogP contribution < -0.4 is 15.1 Å². The van der Waals surface area contributed by atoms with Crippen molar-refractivity contribution >= 4 is 46.0 Å². The Kier molecular flexibility index (Phi) is 7.29. The van der Waals surface area contributed by atoms with E-state index in [-0.39, 0.29) is 50.2 Å². The van der Waals surface area contributed by atoms with Crippen LogP contribution in [0.2, 0.25) is 0 Å². The predicted molar refractivity (Wildman–Crippen MR) is 131 cm³/mol. The van der Waals surface area contributed by atoms with Crippen molar-refractivity contribution in [3.8, 4) is 0 Å². The van der Waals surface area contributed by atoms with Crippen LogP contribution in [0.4, 0.5) is 35.0 Å². The zero-order valence-corrected chi connectivity index (χ0v) is 20.7. The topological polar surface area (TPSA) is 61.4 Å². The highest BCUT2D eigenvalue weighted by Crippen LogP contribution is 2.31. The van der Waals surface area contributed by atoms with Crippen molar-refractivity contribution in [2.24, 2.45) is 0 Å². The first-order valence-corrected chi connectivity index (χ1v) is 12.1. The lowest BCUT2D eigenvalue weighted by Crippen LogP contribution is -2.40. The molecular formula is C23H24F4IN5O. The van der Waals surface area contributed by atoms with Gasteiger partial charge in [0.2, 0.25) is 5.95 Å². The summed E-state index contributed by atoms with van der Waals surface area (Å²) in [6.45, 7) is 2.80. The number of aryl methyl sites for hydroxylation is 1. The van der Waals surface area contributed by atoms with Crippen LogP contribution >= 0.6 is 22.6 Å². The number of amides is 1. The molecule has 0 saturated carbocycles. The third-order valence-electron chi connectivity index (χ3n) is 6.04. The van der Waals surface area contributed by atoms with E-state index in [2.05, 4.69) is 37.9 Å². The van der Waals surface area contributed by atoms with E-state index in [0.29, 0.717) is 36.0 Å². The van der Waals surface area contributed by atoms with Gasteiger partial charge in [0, 0.05) is 54.4 Å². The molecule has 1 amide bonds. The molecule has 2 aliphatic heterocycles. The fourth-order valence-corrected chi connectivity index (χ4v) is 4.62. The lowest BCUT2D eigenvalue weighted by Gasteiger charge is -2.32. The lowest BCUT2D eigenvalue weighted by molar-refractivity contribution is -0.0222. The van der Waals surface area contributed by atoms with Crippen molar-refractivity contribution in [2.45, 2.75) is 38.5 Å². The largest absolute Gasteiger partial charge is 0.370 e. The van der Waals surface area contributed by atoms with E-state index in [9.17, 15) is 22.4 Å². The van der Waals surface area contributed by atoms with E-state index < -0.39 is 17.9 Å². The molecule has 3 heterocycles. The van der Waals surface area contributed by atoms with Gasteiger partial charge in [0.15, 0.2) is 0 Å². The summed E-state index contributed by atoms with van der Waals surface area (Å²) in [6.07, 6.45) is -1.66. The van der Waals surface area contributed by atoms with Gasteiger partial charge in [-0.05, 0) is 66.1 Å². The van der Waals surface area contributed by atoms with Gasteiger partial charge in [0.25, 0.3) is 17.9 Å². The molecule has 34 heavy (non-hydrogen) atoms. The number of hydrogen-bond donors (Lipinski definition) is 1. The molecule has 0 radical (unpaired) electrons. The van der Waals surface area contributed by atoms with Crippen LogP contribution in [0.1, 0.15) is 41.7 Å². The van der Waals surface area contributed by atoms with Gasteiger partial charge < -0.3 is 15.1 Å². The van der Waals surface area contributed by atoms with Gasteiger partial charge in [0.05, 0.1) is 11.3 Å². The summed E-state index contributed by atoms with van der Waals surface area (Å²) >= 11 is 2.15. The smallest absolute Gasteiger partial charge is 0.269 e. The molecule has 0 atom stereocenters. The van der Waals surface area contributed by atoms with Gasteiger partial charge in [-0.1, -0.05) is 0 Å². The molecule has 1 aromatic heterocycles. The number of benzene rings is 1. The number of piperidine rings is 2. The summed E-state index contributed by atoms with van der Waals surface area (Å²) in [5.74, 6) is -2.49. The van der Waals surface area contributed by atoms with Crippen molar-refractivity contribution < 1.29 is 22.4 Å². The number of halogens is 5. The normalized spacial score (nSPS) is 18.1. The summed E-state index contributed by atoms with van der Waals surface area (Å²) in [5, 5.41) is 2.80. The highest BCUT2D eigenvalue weighted by molar-refractivity contribution is 14.1. The number of nitrogens with one attached hydrogen (secondary N) is 1. The molecule has 2 aromatic rings. The first-order chi connectivity index (χ1) is 16.1. The molecule has 6 nitrogen and oxygen atoms in total. The SMILES string of the molecule is Cc1cc(NC(=O)c2ccc(I)cc2N2CCC(=C(F)F)CC2)nc(N2CCC(F)(F)CC2)n1. The Balaban J connectivity index is 1.53. The molecule has 2 saturated heterocycles. The Hall–Kier alpha value is -2.44. The van der Waals surface area contributed by atoms with Crippen LogP contribution in [0, 0.1) is 10.5 Å². The lowest BCUT2D eigenvalue weighted by atomic mass is 10.0. The van der Waals surface area contributed by atoms with Crippen molar-refractivity contribution in [3.05, 3.63) is 50.7 Å². The van der Waals surface area contributed by atoms with Crippen LogP contribution in [-0.4, -0.2) is 48.0 Å². The standard InChI is InChI=1S/C23H24F4IN5O/c1-14-12-19(31-22(29-14)33-10-6-23(26,27)7-11-33)30-21(34)17-3-2-16(28)13-18(17)32-8-4-15(5-9-32)20(24)25/h2-3,12-13H,4-11H2,1H3,(H,29,30,31,34). The second-order valence-electron chi connectivity index (χ2n) is 8.50. The Bertz CT molecular complexity index is 1100. The van der Waals surface area contributed by atoms with Crippen LogP contribution in [0.25, 0.3) is 0 Å². The van der Waals surface area contributed by atoms with E-state index >= 15 is 0 Å². The van der Waals surface area contributed by atoms with Crippen LogP contribution in [0.5, 0.6) is 0 Å². The average Bonchev–Trinajstić information content (AvgIpc) is 2.78. The van der Waals surface area contributed by atoms with Crippen molar-refractivity contribution in [1.82, 2.24) is 9.97 Å². The van der Waals surface area contributed by atoms with E-state index in [4.69, 9.17) is 0 Å².